The van der Waals surface area contributed by atoms with Crippen LogP contribution in [0.15, 0.2) is 59.6 Å². The third-order valence-electron chi connectivity index (χ3n) is 4.47. The number of likely N-dealkylation sites (N-methyl/N-ethyl adjacent to an activating group) is 1. The van der Waals surface area contributed by atoms with Crippen LogP contribution >= 0.6 is 0 Å². The van der Waals surface area contributed by atoms with Crippen LogP contribution < -0.4 is 15.4 Å². The van der Waals surface area contributed by atoms with Crippen molar-refractivity contribution in [1.29, 1.82) is 0 Å². The van der Waals surface area contributed by atoms with E-state index in [2.05, 4.69) is 66.9 Å². The molecule has 2 aromatic rings. The van der Waals surface area contributed by atoms with Gasteiger partial charge in [0.2, 0.25) is 0 Å². The van der Waals surface area contributed by atoms with Crippen LogP contribution in [0.5, 0.6) is 5.75 Å². The molecule has 1 unspecified atom stereocenters. The van der Waals surface area contributed by atoms with E-state index in [4.69, 9.17) is 9.73 Å². The van der Waals surface area contributed by atoms with Gasteiger partial charge in [0.05, 0.1) is 13.7 Å². The zero-order valence-electron chi connectivity index (χ0n) is 16.9. The van der Waals surface area contributed by atoms with Gasteiger partial charge < -0.3 is 20.3 Å². The molecule has 0 saturated heterocycles. The van der Waals surface area contributed by atoms with E-state index in [1.54, 1.807) is 7.11 Å². The Morgan fingerprint density at radius 3 is 2.30 bits per heavy atom. The van der Waals surface area contributed by atoms with Crippen LogP contribution in [-0.4, -0.2) is 51.2 Å². The molecule has 0 aliphatic rings. The molecule has 0 radical (unpaired) electrons. The van der Waals surface area contributed by atoms with Crippen molar-refractivity contribution in [2.24, 2.45) is 4.99 Å². The highest BCUT2D eigenvalue weighted by molar-refractivity contribution is 5.79. The summed E-state index contributed by atoms with van der Waals surface area (Å²) in [6.07, 6.45) is 0.999. The zero-order chi connectivity index (χ0) is 19.5. The largest absolute Gasteiger partial charge is 0.497 e. The number of aliphatic imine (C=N–C) groups is 1. The van der Waals surface area contributed by atoms with Gasteiger partial charge in [0.15, 0.2) is 5.96 Å². The van der Waals surface area contributed by atoms with E-state index in [0.717, 1.165) is 36.8 Å². The Morgan fingerprint density at radius 2 is 1.70 bits per heavy atom. The molecule has 5 heteroatoms. The molecule has 0 aliphatic carbocycles. The van der Waals surface area contributed by atoms with Crippen molar-refractivity contribution < 1.29 is 4.74 Å². The summed E-state index contributed by atoms with van der Waals surface area (Å²) in [6, 6.07) is 19.0. The second kappa shape index (κ2) is 11.2. The smallest absolute Gasteiger partial charge is 0.191 e. The molecule has 146 valence electrons. The van der Waals surface area contributed by atoms with Gasteiger partial charge in [-0.15, -0.1) is 0 Å². The molecular weight excluding hydrogens is 336 g/mol. The Balaban J connectivity index is 1.95. The van der Waals surface area contributed by atoms with Gasteiger partial charge in [-0.1, -0.05) is 42.5 Å². The SMILES string of the molecule is CCNC(=NCc1ccc(OC)cc1)NCC(Cc1ccccc1)N(C)C. The van der Waals surface area contributed by atoms with Gasteiger partial charge in [0.1, 0.15) is 5.75 Å². The molecule has 0 aromatic heterocycles. The molecule has 0 saturated carbocycles. The van der Waals surface area contributed by atoms with Crippen LogP contribution in [0.2, 0.25) is 0 Å². The van der Waals surface area contributed by atoms with E-state index < -0.39 is 0 Å². The van der Waals surface area contributed by atoms with E-state index in [0.29, 0.717) is 12.6 Å². The first-order chi connectivity index (χ1) is 13.1. The summed E-state index contributed by atoms with van der Waals surface area (Å²) in [4.78, 5) is 6.97. The quantitative estimate of drug-likeness (QED) is 0.528. The summed E-state index contributed by atoms with van der Waals surface area (Å²) in [5, 5.41) is 6.82. The Kier molecular flexibility index (Phi) is 8.65. The van der Waals surface area contributed by atoms with Crippen molar-refractivity contribution in [2.75, 3.05) is 34.3 Å². The van der Waals surface area contributed by atoms with Crippen molar-refractivity contribution in [3.63, 3.8) is 0 Å². The fraction of sp³-hybridized carbons (Fsp3) is 0.409. The standard InChI is InChI=1S/C22H32N4O/c1-5-23-22(24-16-19-11-13-21(27-4)14-12-19)25-17-20(26(2)3)15-18-9-7-6-8-10-18/h6-14,20H,5,15-17H2,1-4H3,(H2,23,24,25). The Bertz CT molecular complexity index is 683. The van der Waals surface area contributed by atoms with E-state index in [1.165, 1.54) is 5.56 Å². The molecule has 0 spiro atoms. The van der Waals surface area contributed by atoms with Crippen molar-refractivity contribution in [1.82, 2.24) is 15.5 Å². The number of ether oxygens (including phenoxy) is 1. The molecule has 0 aliphatic heterocycles. The van der Waals surface area contributed by atoms with Crippen LogP contribution in [0.3, 0.4) is 0 Å². The third-order valence-corrected chi connectivity index (χ3v) is 4.47. The predicted octanol–water partition coefficient (Wildman–Crippen LogP) is 2.92. The first-order valence-electron chi connectivity index (χ1n) is 9.47. The Hall–Kier alpha value is -2.53. The lowest BCUT2D eigenvalue weighted by molar-refractivity contribution is 0.290. The van der Waals surface area contributed by atoms with Gasteiger partial charge in [-0.3, -0.25) is 0 Å². The predicted molar refractivity (Wildman–Crippen MR) is 113 cm³/mol. The maximum absolute atomic E-state index is 5.20. The molecule has 0 fully saturated rings. The minimum absolute atomic E-state index is 0.386. The summed E-state index contributed by atoms with van der Waals surface area (Å²) >= 11 is 0. The number of hydrogen-bond donors (Lipinski definition) is 2. The summed E-state index contributed by atoms with van der Waals surface area (Å²) in [7, 11) is 5.92. The monoisotopic (exact) mass is 368 g/mol. The number of rotatable bonds is 9. The van der Waals surface area contributed by atoms with E-state index in [1.807, 2.05) is 24.3 Å². The van der Waals surface area contributed by atoms with Gasteiger partial charge in [-0.05, 0) is 50.7 Å². The lowest BCUT2D eigenvalue weighted by Gasteiger charge is -2.25. The highest BCUT2D eigenvalue weighted by Crippen LogP contribution is 2.12. The van der Waals surface area contributed by atoms with Crippen LogP contribution in [0.25, 0.3) is 0 Å². The van der Waals surface area contributed by atoms with Gasteiger partial charge in [-0.2, -0.15) is 0 Å². The van der Waals surface area contributed by atoms with Gasteiger partial charge >= 0.3 is 0 Å². The molecular formula is C22H32N4O. The van der Waals surface area contributed by atoms with Crippen LogP contribution in [0, 0.1) is 0 Å². The first kappa shape index (κ1) is 20.8. The van der Waals surface area contributed by atoms with Crippen LogP contribution in [0.4, 0.5) is 0 Å². The number of hydrogen-bond acceptors (Lipinski definition) is 3. The third kappa shape index (κ3) is 7.31. The molecule has 2 aromatic carbocycles. The molecule has 5 nitrogen and oxygen atoms in total. The highest BCUT2D eigenvalue weighted by atomic mass is 16.5. The average molecular weight is 369 g/mol. The Labute approximate surface area is 163 Å². The fourth-order valence-electron chi connectivity index (χ4n) is 2.78. The van der Waals surface area contributed by atoms with Crippen molar-refractivity contribution in [2.45, 2.75) is 25.9 Å². The molecule has 0 bridgehead atoms. The maximum atomic E-state index is 5.20. The molecule has 0 amide bonds. The van der Waals surface area contributed by atoms with Gasteiger partial charge in [0, 0.05) is 19.1 Å². The van der Waals surface area contributed by atoms with Crippen molar-refractivity contribution >= 4 is 5.96 Å². The van der Waals surface area contributed by atoms with E-state index >= 15 is 0 Å². The maximum Gasteiger partial charge on any atom is 0.191 e. The van der Waals surface area contributed by atoms with Crippen LogP contribution in [0.1, 0.15) is 18.1 Å². The molecule has 2 N–H and O–H groups in total. The molecule has 1 atom stereocenters. The van der Waals surface area contributed by atoms with Crippen molar-refractivity contribution in [3.8, 4) is 5.75 Å². The molecule has 27 heavy (non-hydrogen) atoms. The minimum atomic E-state index is 0.386. The van der Waals surface area contributed by atoms with Crippen molar-refractivity contribution in [3.05, 3.63) is 65.7 Å². The number of nitrogens with one attached hydrogen (secondary N) is 2. The second-order valence-electron chi connectivity index (χ2n) is 6.73. The lowest BCUT2D eigenvalue weighted by Crippen LogP contribution is -2.46. The molecule has 2 rings (SSSR count). The summed E-state index contributed by atoms with van der Waals surface area (Å²) in [6.45, 7) is 4.37. The first-order valence-corrected chi connectivity index (χ1v) is 9.47. The molecule has 0 heterocycles. The Morgan fingerprint density at radius 1 is 1.00 bits per heavy atom. The number of benzene rings is 2. The van der Waals surface area contributed by atoms with E-state index in [-0.39, 0.29) is 0 Å². The van der Waals surface area contributed by atoms with Gasteiger partial charge in [0.25, 0.3) is 0 Å². The summed E-state index contributed by atoms with van der Waals surface area (Å²) < 4.78 is 5.20. The second-order valence-corrected chi connectivity index (χ2v) is 6.73. The normalized spacial score (nSPS) is 12.7. The lowest BCUT2D eigenvalue weighted by atomic mass is 10.1. The average Bonchev–Trinajstić information content (AvgIpc) is 2.70. The number of guanidine groups is 1. The summed E-state index contributed by atoms with van der Waals surface area (Å²) in [5.41, 5.74) is 2.50. The zero-order valence-corrected chi connectivity index (χ0v) is 16.9. The minimum Gasteiger partial charge on any atom is -0.497 e. The number of nitrogens with zero attached hydrogens (tertiary/aromatic N) is 2. The highest BCUT2D eigenvalue weighted by Gasteiger charge is 2.13. The summed E-state index contributed by atoms with van der Waals surface area (Å²) in [5.74, 6) is 1.70. The topological polar surface area (TPSA) is 48.9 Å². The number of methoxy groups -OCH3 is 1. The van der Waals surface area contributed by atoms with Gasteiger partial charge in [-0.25, -0.2) is 4.99 Å². The van der Waals surface area contributed by atoms with E-state index in [9.17, 15) is 0 Å². The van der Waals surface area contributed by atoms with Crippen LogP contribution in [-0.2, 0) is 13.0 Å². The fourth-order valence-corrected chi connectivity index (χ4v) is 2.78.